The molecule has 2 nitrogen and oxygen atoms in total. The molecule has 0 heterocycles. The maximum Gasteiger partial charge on any atom is 0.125 e. The molecule has 0 aromatic heterocycles. The van der Waals surface area contributed by atoms with Gasteiger partial charge in [-0.3, -0.25) is 0 Å². The highest BCUT2D eigenvalue weighted by molar-refractivity contribution is 5.34. The van der Waals surface area contributed by atoms with E-state index in [1.807, 2.05) is 31.2 Å². The Morgan fingerprint density at radius 1 is 1.06 bits per heavy atom. The Bertz CT molecular complexity index is 323. The van der Waals surface area contributed by atoms with Crippen LogP contribution in [0.2, 0.25) is 0 Å². The molecule has 0 saturated heterocycles. The maximum atomic E-state index is 9.90. The summed E-state index contributed by atoms with van der Waals surface area (Å²) in [6.45, 7) is 4.95. The van der Waals surface area contributed by atoms with Crippen LogP contribution in [0.3, 0.4) is 0 Å². The summed E-state index contributed by atoms with van der Waals surface area (Å²) in [6, 6.07) is 7.79. The number of para-hydroxylation sites is 1. The van der Waals surface area contributed by atoms with E-state index in [0.717, 1.165) is 30.8 Å². The van der Waals surface area contributed by atoms with Crippen LogP contribution in [0.15, 0.2) is 24.3 Å². The normalized spacial score (nSPS) is 12.4. The summed E-state index contributed by atoms with van der Waals surface area (Å²) in [5.74, 6) is 0.836. The average Bonchev–Trinajstić information content (AvgIpc) is 2.42. The molecule has 0 aliphatic rings. The highest BCUT2D eigenvalue weighted by atomic mass is 16.5. The number of aliphatic hydroxyl groups excluding tert-OH is 1. The van der Waals surface area contributed by atoms with Crippen molar-refractivity contribution in [2.45, 2.75) is 58.5 Å². The van der Waals surface area contributed by atoms with E-state index in [1.54, 1.807) is 0 Å². The van der Waals surface area contributed by atoms with Crippen LogP contribution < -0.4 is 4.74 Å². The fourth-order valence-corrected chi connectivity index (χ4v) is 1.99. The summed E-state index contributed by atoms with van der Waals surface area (Å²) in [6.07, 6.45) is 6.50. The quantitative estimate of drug-likeness (QED) is 0.655. The third-order valence-corrected chi connectivity index (χ3v) is 3.17. The molecular formula is C16H26O2. The first-order valence-corrected chi connectivity index (χ1v) is 7.19. The van der Waals surface area contributed by atoms with Crippen LogP contribution >= 0.6 is 0 Å². The standard InChI is InChI=1S/C16H26O2/c1-3-5-6-7-10-13-18-16-12-9-8-11-14(16)15(17)4-2/h8-9,11-12,15,17H,3-7,10,13H2,1-2H3/t15-/m0/s1. The van der Waals surface area contributed by atoms with Gasteiger partial charge in [-0.2, -0.15) is 0 Å². The number of ether oxygens (including phenoxy) is 1. The van der Waals surface area contributed by atoms with Crippen molar-refractivity contribution in [3.05, 3.63) is 29.8 Å². The van der Waals surface area contributed by atoms with E-state index in [9.17, 15) is 5.11 Å². The van der Waals surface area contributed by atoms with Gasteiger partial charge in [0.05, 0.1) is 12.7 Å². The Morgan fingerprint density at radius 2 is 1.78 bits per heavy atom. The summed E-state index contributed by atoms with van der Waals surface area (Å²) in [4.78, 5) is 0. The van der Waals surface area contributed by atoms with Crippen molar-refractivity contribution < 1.29 is 9.84 Å². The molecule has 1 aromatic carbocycles. The van der Waals surface area contributed by atoms with E-state index >= 15 is 0 Å². The average molecular weight is 250 g/mol. The van der Waals surface area contributed by atoms with Crippen molar-refractivity contribution in [1.29, 1.82) is 0 Å². The number of unbranched alkanes of at least 4 members (excludes halogenated alkanes) is 4. The van der Waals surface area contributed by atoms with Crippen molar-refractivity contribution in [3.8, 4) is 5.75 Å². The Morgan fingerprint density at radius 3 is 2.50 bits per heavy atom. The molecule has 1 aromatic rings. The second-order valence-electron chi connectivity index (χ2n) is 4.72. The second-order valence-corrected chi connectivity index (χ2v) is 4.72. The molecule has 1 N–H and O–H groups in total. The Hall–Kier alpha value is -1.02. The zero-order valence-electron chi connectivity index (χ0n) is 11.7. The zero-order valence-corrected chi connectivity index (χ0v) is 11.7. The summed E-state index contributed by atoms with van der Waals surface area (Å²) < 4.78 is 5.78. The van der Waals surface area contributed by atoms with Gasteiger partial charge in [0, 0.05) is 5.56 Å². The van der Waals surface area contributed by atoms with Crippen LogP contribution in [0.25, 0.3) is 0 Å². The van der Waals surface area contributed by atoms with E-state index in [-0.39, 0.29) is 0 Å². The van der Waals surface area contributed by atoms with E-state index in [0.29, 0.717) is 0 Å². The van der Waals surface area contributed by atoms with Gasteiger partial charge >= 0.3 is 0 Å². The number of rotatable bonds is 9. The number of hydrogen-bond donors (Lipinski definition) is 1. The van der Waals surface area contributed by atoms with Gasteiger partial charge in [0.25, 0.3) is 0 Å². The SMILES string of the molecule is CCCCCCCOc1ccccc1[C@@H](O)CC. The highest BCUT2D eigenvalue weighted by Gasteiger charge is 2.10. The molecule has 0 fully saturated rings. The number of hydrogen-bond acceptors (Lipinski definition) is 2. The predicted molar refractivity (Wildman–Crippen MR) is 75.9 cm³/mol. The molecule has 0 saturated carbocycles. The van der Waals surface area contributed by atoms with Crippen LogP contribution in [-0.4, -0.2) is 11.7 Å². The maximum absolute atomic E-state index is 9.90. The van der Waals surface area contributed by atoms with Gasteiger partial charge in [0.2, 0.25) is 0 Å². The molecule has 1 rings (SSSR count). The topological polar surface area (TPSA) is 29.5 Å². The molecule has 0 unspecified atom stereocenters. The monoisotopic (exact) mass is 250 g/mol. The van der Waals surface area contributed by atoms with Crippen LogP contribution in [0.1, 0.15) is 64.0 Å². The first-order chi connectivity index (χ1) is 8.79. The van der Waals surface area contributed by atoms with Crippen LogP contribution in [0.5, 0.6) is 5.75 Å². The van der Waals surface area contributed by atoms with E-state index in [2.05, 4.69) is 6.92 Å². The zero-order chi connectivity index (χ0) is 13.2. The molecule has 0 aliphatic heterocycles. The van der Waals surface area contributed by atoms with Crippen molar-refractivity contribution in [1.82, 2.24) is 0 Å². The first-order valence-electron chi connectivity index (χ1n) is 7.19. The lowest BCUT2D eigenvalue weighted by Crippen LogP contribution is -2.03. The number of aliphatic hydroxyl groups is 1. The van der Waals surface area contributed by atoms with Gasteiger partial charge in [-0.15, -0.1) is 0 Å². The third kappa shape index (κ3) is 5.09. The summed E-state index contributed by atoms with van der Waals surface area (Å²) in [5, 5.41) is 9.90. The largest absolute Gasteiger partial charge is 0.493 e. The molecule has 1 atom stereocenters. The second kappa shape index (κ2) is 8.98. The Balaban J connectivity index is 2.37. The van der Waals surface area contributed by atoms with Gasteiger partial charge in [0.1, 0.15) is 5.75 Å². The van der Waals surface area contributed by atoms with Gasteiger partial charge in [-0.1, -0.05) is 57.7 Å². The lowest BCUT2D eigenvalue weighted by atomic mass is 10.1. The fraction of sp³-hybridized carbons (Fsp3) is 0.625. The molecular weight excluding hydrogens is 224 g/mol. The van der Waals surface area contributed by atoms with E-state index < -0.39 is 6.10 Å². The van der Waals surface area contributed by atoms with Crippen LogP contribution in [0.4, 0.5) is 0 Å². The molecule has 102 valence electrons. The van der Waals surface area contributed by atoms with Crippen molar-refractivity contribution >= 4 is 0 Å². The Kier molecular flexibility index (Phi) is 7.51. The number of benzene rings is 1. The summed E-state index contributed by atoms with van der Waals surface area (Å²) >= 11 is 0. The summed E-state index contributed by atoms with van der Waals surface area (Å²) in [7, 11) is 0. The molecule has 0 aliphatic carbocycles. The minimum Gasteiger partial charge on any atom is -0.493 e. The van der Waals surface area contributed by atoms with Gasteiger partial charge < -0.3 is 9.84 Å². The lowest BCUT2D eigenvalue weighted by molar-refractivity contribution is 0.167. The molecule has 0 spiro atoms. The van der Waals surface area contributed by atoms with Gasteiger partial charge in [0.15, 0.2) is 0 Å². The lowest BCUT2D eigenvalue weighted by Gasteiger charge is -2.14. The molecule has 0 amide bonds. The van der Waals surface area contributed by atoms with Gasteiger partial charge in [-0.05, 0) is 18.9 Å². The highest BCUT2D eigenvalue weighted by Crippen LogP contribution is 2.26. The molecule has 18 heavy (non-hydrogen) atoms. The van der Waals surface area contributed by atoms with Crippen LogP contribution in [-0.2, 0) is 0 Å². The van der Waals surface area contributed by atoms with E-state index in [1.165, 1.54) is 25.7 Å². The van der Waals surface area contributed by atoms with Gasteiger partial charge in [-0.25, -0.2) is 0 Å². The first kappa shape index (κ1) is 15.0. The summed E-state index contributed by atoms with van der Waals surface area (Å²) in [5.41, 5.74) is 0.911. The molecule has 0 bridgehead atoms. The van der Waals surface area contributed by atoms with Crippen molar-refractivity contribution in [3.63, 3.8) is 0 Å². The predicted octanol–water partition coefficient (Wildman–Crippen LogP) is 4.48. The third-order valence-electron chi connectivity index (χ3n) is 3.17. The fourth-order valence-electron chi connectivity index (χ4n) is 1.99. The van der Waals surface area contributed by atoms with Crippen molar-refractivity contribution in [2.75, 3.05) is 6.61 Å². The molecule has 2 heteroatoms. The minimum absolute atomic E-state index is 0.415. The smallest absolute Gasteiger partial charge is 0.125 e. The van der Waals surface area contributed by atoms with Crippen molar-refractivity contribution in [2.24, 2.45) is 0 Å². The van der Waals surface area contributed by atoms with Crippen LogP contribution in [0, 0.1) is 0 Å². The minimum atomic E-state index is -0.415. The Labute approximate surface area is 111 Å². The van der Waals surface area contributed by atoms with E-state index in [4.69, 9.17) is 4.74 Å². The molecule has 0 radical (unpaired) electrons.